The SMILES string of the molecule is CCNC(=O)Nc1ccn([C@@H]2O[C@H](CCC(=O)O)C3O[C@H](/C=C/c4ccccc4)OC32)c(=O)n1. The highest BCUT2D eigenvalue weighted by atomic mass is 16.8. The van der Waals surface area contributed by atoms with E-state index in [1.54, 1.807) is 13.0 Å². The van der Waals surface area contributed by atoms with Crippen molar-refractivity contribution in [1.82, 2.24) is 14.9 Å². The van der Waals surface area contributed by atoms with Crippen LogP contribution in [-0.4, -0.2) is 57.8 Å². The molecule has 3 N–H and O–H groups in total. The standard InChI is InChI=1S/C23H26N4O7/c1-2-24-22(30)25-16-12-13-27(23(31)26-16)21-20-19(15(32-21)9-10-17(28)29)33-18(34-20)11-8-14-6-4-3-5-7-14/h3-8,11-13,15,18-21H,2,9-10H2,1H3,(H,28,29)(H2,24,25,26,30,31)/b11-8+/t15-,18+,19?,20?,21-/m1/s1. The molecule has 2 aromatic rings. The van der Waals surface area contributed by atoms with Crippen LogP contribution in [0.5, 0.6) is 0 Å². The third-order valence-corrected chi connectivity index (χ3v) is 5.44. The molecule has 1 aromatic carbocycles. The van der Waals surface area contributed by atoms with E-state index < -0.39 is 48.5 Å². The van der Waals surface area contributed by atoms with Crippen molar-refractivity contribution in [1.29, 1.82) is 0 Å². The van der Waals surface area contributed by atoms with Gasteiger partial charge in [-0.25, -0.2) is 9.59 Å². The number of carboxylic acids is 1. The van der Waals surface area contributed by atoms with Crippen LogP contribution >= 0.6 is 0 Å². The van der Waals surface area contributed by atoms with Gasteiger partial charge in [-0.2, -0.15) is 4.98 Å². The van der Waals surface area contributed by atoms with Crippen LogP contribution in [0, 0.1) is 0 Å². The molecule has 2 aliphatic heterocycles. The van der Waals surface area contributed by atoms with Crippen molar-refractivity contribution in [3.05, 3.63) is 64.7 Å². The number of nitrogens with zero attached hydrogens (tertiary/aromatic N) is 2. The van der Waals surface area contributed by atoms with E-state index in [1.807, 2.05) is 36.4 Å². The lowest BCUT2D eigenvalue weighted by molar-refractivity contribution is -0.141. The number of anilines is 1. The van der Waals surface area contributed by atoms with Gasteiger partial charge in [-0.05, 0) is 31.1 Å². The summed E-state index contributed by atoms with van der Waals surface area (Å²) in [6.07, 6.45) is 1.83. The molecule has 34 heavy (non-hydrogen) atoms. The Hall–Kier alpha value is -3.54. The minimum atomic E-state index is -0.956. The summed E-state index contributed by atoms with van der Waals surface area (Å²) in [7, 11) is 0. The number of hydrogen-bond acceptors (Lipinski definition) is 7. The first-order chi connectivity index (χ1) is 16.4. The summed E-state index contributed by atoms with van der Waals surface area (Å²) in [6, 6.07) is 10.6. The monoisotopic (exact) mass is 470 g/mol. The molecule has 1 aromatic heterocycles. The Balaban J connectivity index is 1.52. The molecular weight excluding hydrogens is 444 g/mol. The van der Waals surface area contributed by atoms with Crippen LogP contribution in [0.4, 0.5) is 10.6 Å². The van der Waals surface area contributed by atoms with Crippen LogP contribution in [0.2, 0.25) is 0 Å². The summed E-state index contributed by atoms with van der Waals surface area (Å²) in [4.78, 5) is 39.4. The van der Waals surface area contributed by atoms with Gasteiger partial charge in [0.15, 0.2) is 12.5 Å². The first kappa shape index (κ1) is 23.6. The van der Waals surface area contributed by atoms with E-state index in [0.717, 1.165) is 5.56 Å². The van der Waals surface area contributed by atoms with Crippen molar-refractivity contribution in [2.24, 2.45) is 0 Å². The highest BCUT2D eigenvalue weighted by Crippen LogP contribution is 2.40. The average molecular weight is 470 g/mol. The second-order valence-corrected chi connectivity index (χ2v) is 7.82. The summed E-state index contributed by atoms with van der Waals surface area (Å²) in [5, 5.41) is 14.1. The van der Waals surface area contributed by atoms with Crippen LogP contribution in [0.1, 0.15) is 31.6 Å². The third kappa shape index (κ3) is 5.50. The molecule has 2 aliphatic rings. The van der Waals surface area contributed by atoms with Crippen molar-refractivity contribution in [3.8, 4) is 0 Å². The summed E-state index contributed by atoms with van der Waals surface area (Å²) < 4.78 is 19.3. The summed E-state index contributed by atoms with van der Waals surface area (Å²) in [6.45, 7) is 2.20. The van der Waals surface area contributed by atoms with Crippen LogP contribution in [-0.2, 0) is 19.0 Å². The van der Waals surface area contributed by atoms with Crippen molar-refractivity contribution in [2.75, 3.05) is 11.9 Å². The van der Waals surface area contributed by atoms with E-state index in [1.165, 1.54) is 16.8 Å². The fourth-order valence-electron chi connectivity index (χ4n) is 3.92. The molecule has 3 heterocycles. The average Bonchev–Trinajstić information content (AvgIpc) is 3.37. The molecule has 2 amide bonds. The van der Waals surface area contributed by atoms with Crippen molar-refractivity contribution >= 4 is 23.9 Å². The lowest BCUT2D eigenvalue weighted by Crippen LogP contribution is -2.35. The number of aromatic nitrogens is 2. The number of nitrogens with one attached hydrogen (secondary N) is 2. The zero-order valence-corrected chi connectivity index (χ0v) is 18.5. The highest BCUT2D eigenvalue weighted by Gasteiger charge is 2.53. The van der Waals surface area contributed by atoms with Crippen LogP contribution in [0.25, 0.3) is 6.08 Å². The Morgan fingerprint density at radius 2 is 1.91 bits per heavy atom. The maximum absolute atomic E-state index is 12.7. The highest BCUT2D eigenvalue weighted by molar-refractivity contribution is 5.87. The van der Waals surface area contributed by atoms with E-state index in [2.05, 4.69) is 15.6 Å². The third-order valence-electron chi connectivity index (χ3n) is 5.44. The Morgan fingerprint density at radius 3 is 2.62 bits per heavy atom. The second-order valence-electron chi connectivity index (χ2n) is 7.82. The molecule has 11 heteroatoms. The molecule has 0 spiro atoms. The number of carboxylic acid groups (broad SMARTS) is 1. The number of carbonyl (C=O) groups is 2. The van der Waals surface area contributed by atoms with Crippen LogP contribution < -0.4 is 16.3 Å². The van der Waals surface area contributed by atoms with E-state index >= 15 is 0 Å². The number of urea groups is 1. The van der Waals surface area contributed by atoms with Gasteiger partial charge >= 0.3 is 17.7 Å². The van der Waals surface area contributed by atoms with Crippen molar-refractivity contribution in [3.63, 3.8) is 0 Å². The summed E-state index contributed by atoms with van der Waals surface area (Å²) in [5.41, 5.74) is 0.321. The second kappa shape index (κ2) is 10.6. The lowest BCUT2D eigenvalue weighted by Gasteiger charge is -2.20. The van der Waals surface area contributed by atoms with Crippen LogP contribution in [0.15, 0.2) is 53.5 Å². The van der Waals surface area contributed by atoms with E-state index in [-0.39, 0.29) is 18.7 Å². The number of benzene rings is 1. The van der Waals surface area contributed by atoms with Gasteiger partial charge in [0.1, 0.15) is 18.0 Å². The quantitative estimate of drug-likeness (QED) is 0.532. The minimum absolute atomic E-state index is 0.0939. The van der Waals surface area contributed by atoms with Gasteiger partial charge in [0.05, 0.1) is 6.10 Å². The number of ether oxygens (including phenoxy) is 3. The fraction of sp³-hybridized carbons (Fsp3) is 0.391. The Morgan fingerprint density at radius 1 is 1.15 bits per heavy atom. The van der Waals surface area contributed by atoms with Crippen molar-refractivity contribution < 1.29 is 28.9 Å². The first-order valence-corrected chi connectivity index (χ1v) is 11.0. The normalized spacial score (nSPS) is 25.9. The molecule has 180 valence electrons. The van der Waals surface area contributed by atoms with Gasteiger partial charge in [-0.15, -0.1) is 0 Å². The largest absolute Gasteiger partial charge is 0.481 e. The van der Waals surface area contributed by atoms with Gasteiger partial charge in [-0.1, -0.05) is 36.4 Å². The predicted octanol–water partition coefficient (Wildman–Crippen LogP) is 1.97. The first-order valence-electron chi connectivity index (χ1n) is 11.0. The maximum Gasteiger partial charge on any atom is 0.351 e. The molecule has 0 bridgehead atoms. The Labute approximate surface area is 195 Å². The fourth-order valence-corrected chi connectivity index (χ4v) is 3.92. The molecule has 5 atom stereocenters. The zero-order valence-electron chi connectivity index (χ0n) is 18.5. The Bertz CT molecular complexity index is 1100. The lowest BCUT2D eigenvalue weighted by atomic mass is 10.1. The minimum Gasteiger partial charge on any atom is -0.481 e. The molecule has 0 radical (unpaired) electrons. The number of aliphatic carboxylic acids is 1. The summed E-state index contributed by atoms with van der Waals surface area (Å²) in [5.74, 6) is -0.862. The van der Waals surface area contributed by atoms with E-state index in [4.69, 9.17) is 19.3 Å². The predicted molar refractivity (Wildman–Crippen MR) is 121 cm³/mol. The maximum atomic E-state index is 12.7. The Kier molecular flexibility index (Phi) is 7.36. The van der Waals surface area contributed by atoms with Crippen molar-refractivity contribution in [2.45, 2.75) is 50.6 Å². The molecule has 0 saturated carbocycles. The molecule has 11 nitrogen and oxygen atoms in total. The van der Waals surface area contributed by atoms with Crippen LogP contribution in [0.3, 0.4) is 0 Å². The van der Waals surface area contributed by atoms with Gasteiger partial charge in [0, 0.05) is 19.2 Å². The molecule has 0 aliphatic carbocycles. The smallest absolute Gasteiger partial charge is 0.351 e. The summed E-state index contributed by atoms with van der Waals surface area (Å²) >= 11 is 0. The van der Waals surface area contributed by atoms with Gasteiger partial charge in [0.2, 0.25) is 0 Å². The number of amides is 2. The molecule has 2 unspecified atom stereocenters. The number of rotatable bonds is 8. The number of carbonyl (C=O) groups excluding carboxylic acids is 1. The topological polar surface area (TPSA) is 141 Å². The molecule has 2 fully saturated rings. The molecule has 4 rings (SSSR count). The van der Waals surface area contributed by atoms with Gasteiger partial charge in [0.25, 0.3) is 0 Å². The van der Waals surface area contributed by atoms with E-state index in [0.29, 0.717) is 6.54 Å². The van der Waals surface area contributed by atoms with Gasteiger partial charge in [-0.3, -0.25) is 14.7 Å². The number of hydrogen-bond donors (Lipinski definition) is 3. The zero-order chi connectivity index (χ0) is 24.1. The molecular formula is C23H26N4O7. The molecule has 2 saturated heterocycles. The van der Waals surface area contributed by atoms with Gasteiger partial charge < -0.3 is 24.6 Å². The van der Waals surface area contributed by atoms with E-state index in [9.17, 15) is 14.4 Å². The number of fused-ring (bicyclic) bond motifs is 1.